The van der Waals surface area contributed by atoms with Crippen LogP contribution in [0.2, 0.25) is 0 Å². The maximum atomic E-state index is 6.44. The summed E-state index contributed by atoms with van der Waals surface area (Å²) >= 11 is 1.83. The van der Waals surface area contributed by atoms with E-state index >= 15 is 0 Å². The Morgan fingerprint density at radius 1 is 1.17 bits per heavy atom. The first-order valence-electron chi connectivity index (χ1n) is 11.1. The van der Waals surface area contributed by atoms with Crippen molar-refractivity contribution in [1.82, 2.24) is 9.97 Å². The Bertz CT molecular complexity index is 1070. The van der Waals surface area contributed by atoms with Crippen LogP contribution in [0.4, 0.5) is 0 Å². The number of quaternary nitrogens is 1. The van der Waals surface area contributed by atoms with Crippen LogP contribution in [-0.4, -0.2) is 36.3 Å². The van der Waals surface area contributed by atoms with E-state index in [1.165, 1.54) is 32.9 Å². The van der Waals surface area contributed by atoms with Gasteiger partial charge >= 0.3 is 0 Å². The van der Waals surface area contributed by atoms with E-state index in [1.54, 1.807) is 0 Å². The van der Waals surface area contributed by atoms with E-state index < -0.39 is 0 Å². The van der Waals surface area contributed by atoms with E-state index in [4.69, 9.17) is 19.4 Å². The molecule has 1 saturated heterocycles. The van der Waals surface area contributed by atoms with Gasteiger partial charge in [0.2, 0.25) is 5.88 Å². The number of rotatable bonds is 5. The van der Waals surface area contributed by atoms with Crippen LogP contribution < -0.4 is 9.64 Å². The number of ether oxygens (including phenoxy) is 2. The fourth-order valence-corrected chi connectivity index (χ4v) is 5.96. The molecule has 5 rings (SSSR count). The minimum absolute atomic E-state index is 0.507. The van der Waals surface area contributed by atoms with Crippen molar-refractivity contribution in [2.45, 2.75) is 52.5 Å². The molecule has 0 unspecified atom stereocenters. The number of nitrogens with zero attached hydrogens (tertiary/aromatic N) is 2. The Hall–Kier alpha value is -2.02. The van der Waals surface area contributed by atoms with Gasteiger partial charge in [-0.3, -0.25) is 0 Å². The maximum Gasteiger partial charge on any atom is 0.231 e. The fourth-order valence-electron chi connectivity index (χ4n) is 4.69. The van der Waals surface area contributed by atoms with Crippen molar-refractivity contribution in [3.63, 3.8) is 0 Å². The lowest BCUT2D eigenvalue weighted by molar-refractivity contribution is -0.922. The van der Waals surface area contributed by atoms with Crippen LogP contribution in [0.3, 0.4) is 0 Å². The van der Waals surface area contributed by atoms with Gasteiger partial charge < -0.3 is 14.4 Å². The zero-order valence-corrected chi connectivity index (χ0v) is 18.9. The molecule has 1 aliphatic heterocycles. The Balaban J connectivity index is 1.52. The zero-order valence-electron chi connectivity index (χ0n) is 18.1. The molecule has 5 nitrogen and oxygen atoms in total. The highest BCUT2D eigenvalue weighted by Gasteiger charge is 2.25. The number of nitrogens with one attached hydrogen (secondary N) is 1. The normalized spacial score (nSPS) is 17.1. The summed E-state index contributed by atoms with van der Waals surface area (Å²) in [7, 11) is 0. The lowest BCUT2D eigenvalue weighted by Gasteiger charge is -2.23. The fraction of sp³-hybridized carbons (Fsp3) is 0.500. The Morgan fingerprint density at radius 2 is 2.00 bits per heavy atom. The Kier molecular flexibility index (Phi) is 5.48. The van der Waals surface area contributed by atoms with Crippen LogP contribution in [-0.2, 0) is 24.1 Å². The molecule has 2 aromatic heterocycles. The predicted molar refractivity (Wildman–Crippen MR) is 120 cm³/mol. The third-order valence-corrected chi connectivity index (χ3v) is 7.45. The van der Waals surface area contributed by atoms with Crippen molar-refractivity contribution in [3.8, 4) is 11.6 Å². The number of thiophene rings is 1. The van der Waals surface area contributed by atoms with Crippen LogP contribution in [0.1, 0.15) is 53.6 Å². The molecule has 1 N–H and O–H groups in total. The number of fused-ring (bicyclic) bond motifs is 3. The minimum atomic E-state index is 0.507. The lowest BCUT2D eigenvalue weighted by atomic mass is 9.98. The first kappa shape index (κ1) is 19.9. The van der Waals surface area contributed by atoms with Gasteiger partial charge in [0.15, 0.2) is 5.82 Å². The topological polar surface area (TPSA) is 48.7 Å². The first-order valence-corrected chi connectivity index (χ1v) is 11.9. The van der Waals surface area contributed by atoms with Crippen molar-refractivity contribution < 1.29 is 14.4 Å². The quantitative estimate of drug-likeness (QED) is 0.677. The van der Waals surface area contributed by atoms with Gasteiger partial charge in [0.1, 0.15) is 30.2 Å². The number of aromatic nitrogens is 2. The molecule has 3 aromatic rings. The summed E-state index contributed by atoms with van der Waals surface area (Å²) in [4.78, 5) is 13.9. The second kappa shape index (κ2) is 8.25. The van der Waals surface area contributed by atoms with Crippen LogP contribution >= 0.6 is 11.3 Å². The van der Waals surface area contributed by atoms with E-state index in [-0.39, 0.29) is 0 Å². The minimum Gasteiger partial charge on any atom is -0.438 e. The van der Waals surface area contributed by atoms with Gasteiger partial charge in [-0.2, -0.15) is 4.98 Å². The van der Waals surface area contributed by atoms with Gasteiger partial charge in [-0.15, -0.1) is 11.3 Å². The smallest absolute Gasteiger partial charge is 0.231 e. The van der Waals surface area contributed by atoms with Crippen molar-refractivity contribution in [1.29, 1.82) is 0 Å². The van der Waals surface area contributed by atoms with Gasteiger partial charge in [0.25, 0.3) is 0 Å². The standard InChI is InChI=1S/C24H29N3O2S/c1-15(2)18-8-7-17(13-16(18)3)29-23-22-19-5-4-6-20(19)30-24(22)26-21(25-23)14-27-9-11-28-12-10-27/h7-8,13,15H,4-6,9-12,14H2,1-3H3/p+1. The summed E-state index contributed by atoms with van der Waals surface area (Å²) in [6.45, 7) is 11.1. The molecule has 0 spiro atoms. The van der Waals surface area contributed by atoms with Gasteiger partial charge in [0, 0.05) is 4.88 Å². The first-order chi connectivity index (χ1) is 14.6. The monoisotopic (exact) mass is 424 g/mol. The molecule has 6 heteroatoms. The molecule has 1 fully saturated rings. The SMILES string of the molecule is Cc1cc(Oc2nc(C[NH+]3CCOCC3)nc3sc4c(c23)CCC4)ccc1C(C)C. The number of morpholine rings is 1. The lowest BCUT2D eigenvalue weighted by Crippen LogP contribution is -3.12. The van der Waals surface area contributed by atoms with Gasteiger partial charge in [-0.05, 0) is 60.9 Å². The van der Waals surface area contributed by atoms with E-state index in [1.807, 2.05) is 11.3 Å². The molecule has 30 heavy (non-hydrogen) atoms. The summed E-state index contributed by atoms with van der Waals surface area (Å²) in [5.41, 5.74) is 4.04. The molecule has 0 bridgehead atoms. The second-order valence-corrected chi connectivity index (χ2v) is 9.88. The largest absolute Gasteiger partial charge is 0.438 e. The highest BCUT2D eigenvalue weighted by atomic mass is 32.1. The molecular formula is C24H30N3O2S+. The molecule has 0 saturated carbocycles. The molecule has 0 amide bonds. The van der Waals surface area contributed by atoms with Crippen molar-refractivity contribution >= 4 is 21.6 Å². The molecule has 3 heterocycles. The molecule has 2 aliphatic rings. The van der Waals surface area contributed by atoms with E-state index in [0.29, 0.717) is 5.92 Å². The van der Waals surface area contributed by atoms with Crippen molar-refractivity contribution in [3.05, 3.63) is 45.6 Å². The van der Waals surface area contributed by atoms with Crippen molar-refractivity contribution in [2.24, 2.45) is 0 Å². The Morgan fingerprint density at radius 3 is 2.77 bits per heavy atom. The predicted octanol–water partition coefficient (Wildman–Crippen LogP) is 3.82. The molecule has 0 atom stereocenters. The average Bonchev–Trinajstić information content (AvgIpc) is 3.29. The molecular weight excluding hydrogens is 394 g/mol. The second-order valence-electron chi connectivity index (χ2n) is 8.80. The summed E-state index contributed by atoms with van der Waals surface area (Å²) in [6.07, 6.45) is 3.48. The van der Waals surface area contributed by atoms with Crippen LogP contribution in [0.15, 0.2) is 18.2 Å². The van der Waals surface area contributed by atoms with Gasteiger partial charge in [-0.1, -0.05) is 19.9 Å². The molecule has 0 radical (unpaired) electrons. The molecule has 1 aromatic carbocycles. The van der Waals surface area contributed by atoms with Gasteiger partial charge in [-0.25, -0.2) is 4.98 Å². The molecule has 1 aliphatic carbocycles. The maximum absolute atomic E-state index is 6.44. The number of hydrogen-bond donors (Lipinski definition) is 1. The van der Waals surface area contributed by atoms with Crippen LogP contribution in [0, 0.1) is 6.92 Å². The van der Waals surface area contributed by atoms with Crippen molar-refractivity contribution in [2.75, 3.05) is 26.3 Å². The Labute approximate surface area is 182 Å². The average molecular weight is 425 g/mol. The number of aryl methyl sites for hydroxylation is 3. The highest BCUT2D eigenvalue weighted by molar-refractivity contribution is 7.19. The number of benzene rings is 1. The number of hydrogen-bond acceptors (Lipinski definition) is 5. The zero-order chi connectivity index (χ0) is 20.7. The van der Waals surface area contributed by atoms with E-state index in [2.05, 4.69) is 39.0 Å². The van der Waals surface area contributed by atoms with Crippen LogP contribution in [0.5, 0.6) is 11.6 Å². The summed E-state index contributed by atoms with van der Waals surface area (Å²) < 4.78 is 11.9. The van der Waals surface area contributed by atoms with E-state index in [0.717, 1.165) is 73.4 Å². The third-order valence-electron chi connectivity index (χ3n) is 6.26. The highest BCUT2D eigenvalue weighted by Crippen LogP contribution is 2.41. The van der Waals surface area contributed by atoms with E-state index in [9.17, 15) is 0 Å². The van der Waals surface area contributed by atoms with Gasteiger partial charge in [0.05, 0.1) is 18.6 Å². The molecule has 158 valence electrons. The summed E-state index contributed by atoms with van der Waals surface area (Å²) in [5.74, 6) is 2.98. The third kappa shape index (κ3) is 3.84. The summed E-state index contributed by atoms with van der Waals surface area (Å²) in [5, 5.41) is 1.14. The van der Waals surface area contributed by atoms with Crippen LogP contribution in [0.25, 0.3) is 10.2 Å². The summed E-state index contributed by atoms with van der Waals surface area (Å²) in [6, 6.07) is 6.41.